The summed E-state index contributed by atoms with van der Waals surface area (Å²) in [6.45, 7) is 2.67. The van der Waals surface area contributed by atoms with E-state index >= 15 is 0 Å². The minimum atomic E-state index is -1.70. The maximum atomic E-state index is 11.3. The predicted octanol–water partition coefficient (Wildman–Crippen LogP) is 2.16. The summed E-state index contributed by atoms with van der Waals surface area (Å²) in [7, 11) is 0. The van der Waals surface area contributed by atoms with E-state index in [9.17, 15) is 8.78 Å². The summed E-state index contributed by atoms with van der Waals surface area (Å²) >= 11 is 2.30. The van der Waals surface area contributed by atoms with Gasteiger partial charge < -0.3 is 0 Å². The summed E-state index contributed by atoms with van der Waals surface area (Å²) in [4.78, 5) is 0. The molecule has 0 amide bonds. The molecule has 0 nitrogen and oxygen atoms in total. The molecule has 0 rings (SSSR count). The van der Waals surface area contributed by atoms with E-state index in [2.05, 4.69) is 22.5 Å². The lowest BCUT2D eigenvalue weighted by Crippen LogP contribution is -1.81. The minimum absolute atomic E-state index is 0.991. The van der Waals surface area contributed by atoms with Gasteiger partial charge in [-0.15, -0.1) is 0 Å². The Morgan fingerprint density at radius 2 is 2.00 bits per heavy atom. The van der Waals surface area contributed by atoms with Gasteiger partial charge in [-0.2, -0.15) is 0 Å². The van der Waals surface area contributed by atoms with Crippen molar-refractivity contribution in [1.82, 2.24) is 0 Å². The van der Waals surface area contributed by atoms with Crippen molar-refractivity contribution in [1.29, 1.82) is 0 Å². The van der Waals surface area contributed by atoms with Crippen molar-refractivity contribution in [2.75, 3.05) is 0 Å². The Balaban J connectivity index is 3.26. The average molecular weight is 157 g/mol. The molecule has 0 aliphatic rings. The van der Waals surface area contributed by atoms with Gasteiger partial charge in [-0.1, -0.05) is 6.58 Å². The van der Waals surface area contributed by atoms with Crippen LogP contribution in [-0.4, -0.2) is 5.08 Å². The number of halogens is 3. The number of hydrogen-bond acceptors (Lipinski definition) is 0. The molecule has 0 aliphatic heterocycles. The average Bonchev–Trinajstić information content (AvgIpc) is 1.36. The standard InChI is InChI=1S/C3H3BrF2/c1-2(5)3(4)6/h3H,1H2. The highest BCUT2D eigenvalue weighted by atomic mass is 79.9. The molecule has 0 saturated carbocycles. The van der Waals surface area contributed by atoms with Gasteiger partial charge in [0.15, 0.2) is 0 Å². The molecule has 0 saturated heterocycles. The highest BCUT2D eigenvalue weighted by Crippen LogP contribution is 2.10. The minimum Gasteiger partial charge on any atom is -0.227 e. The first-order valence-corrected chi connectivity index (χ1v) is 2.18. The van der Waals surface area contributed by atoms with Crippen LogP contribution in [-0.2, 0) is 0 Å². The van der Waals surface area contributed by atoms with E-state index < -0.39 is 10.9 Å². The first kappa shape index (κ1) is 6.08. The van der Waals surface area contributed by atoms with Gasteiger partial charge in [0.05, 0.1) is 0 Å². The molecule has 0 aliphatic carbocycles. The lowest BCUT2D eigenvalue weighted by atomic mass is 10.7. The molecule has 1 unspecified atom stereocenters. The van der Waals surface area contributed by atoms with Crippen molar-refractivity contribution in [3.8, 4) is 0 Å². The molecule has 0 N–H and O–H groups in total. The van der Waals surface area contributed by atoms with E-state index in [1.165, 1.54) is 0 Å². The lowest BCUT2D eigenvalue weighted by molar-refractivity contribution is 0.434. The highest BCUT2D eigenvalue weighted by molar-refractivity contribution is 9.09. The number of allylic oxidation sites excluding steroid dienone is 1. The molecule has 3 heteroatoms. The van der Waals surface area contributed by atoms with Crippen LogP contribution in [0.4, 0.5) is 8.78 Å². The van der Waals surface area contributed by atoms with Crippen molar-refractivity contribution in [3.05, 3.63) is 12.4 Å². The fourth-order valence-electron chi connectivity index (χ4n) is 0. The molecule has 0 aromatic carbocycles. The third-order valence-corrected chi connectivity index (χ3v) is 0.734. The second-order valence-electron chi connectivity index (χ2n) is 0.748. The van der Waals surface area contributed by atoms with Gasteiger partial charge in [-0.3, -0.25) is 0 Å². The highest BCUT2D eigenvalue weighted by Gasteiger charge is 2.00. The summed E-state index contributed by atoms with van der Waals surface area (Å²) in [6.07, 6.45) is 0. The second kappa shape index (κ2) is 2.29. The molecule has 0 fully saturated rings. The second-order valence-corrected chi connectivity index (χ2v) is 1.55. The maximum Gasteiger partial charge on any atom is 0.205 e. The Morgan fingerprint density at radius 1 is 1.83 bits per heavy atom. The Bertz CT molecular complexity index is 59.8. The van der Waals surface area contributed by atoms with Gasteiger partial charge in [0.2, 0.25) is 5.08 Å². The van der Waals surface area contributed by atoms with E-state index in [-0.39, 0.29) is 0 Å². The topological polar surface area (TPSA) is 0 Å². The van der Waals surface area contributed by atoms with Crippen LogP contribution in [0, 0.1) is 0 Å². The number of hydrogen-bond donors (Lipinski definition) is 0. The van der Waals surface area contributed by atoms with Crippen LogP contribution in [0.1, 0.15) is 0 Å². The largest absolute Gasteiger partial charge is 0.227 e. The molecular weight excluding hydrogens is 154 g/mol. The number of rotatable bonds is 1. The van der Waals surface area contributed by atoms with Crippen LogP contribution < -0.4 is 0 Å². The summed E-state index contributed by atoms with van der Waals surface area (Å²) in [5.41, 5.74) is 0. The normalized spacial score (nSPS) is 13.8. The van der Waals surface area contributed by atoms with Crippen molar-refractivity contribution in [2.24, 2.45) is 0 Å². The van der Waals surface area contributed by atoms with E-state index in [0.29, 0.717) is 0 Å². The SMILES string of the molecule is C=C(F)C(F)Br. The first-order valence-electron chi connectivity index (χ1n) is 1.27. The predicted molar refractivity (Wildman–Crippen MR) is 24.1 cm³/mol. The lowest BCUT2D eigenvalue weighted by Gasteiger charge is -1.86. The summed E-state index contributed by atoms with van der Waals surface area (Å²) in [5.74, 6) is -0.991. The molecule has 36 valence electrons. The van der Waals surface area contributed by atoms with Crippen LogP contribution in [0.3, 0.4) is 0 Å². The Kier molecular flexibility index (Phi) is 2.32. The Labute approximate surface area is 43.0 Å². The van der Waals surface area contributed by atoms with Gasteiger partial charge in [-0.25, -0.2) is 8.78 Å². The Hall–Kier alpha value is 0.0800. The van der Waals surface area contributed by atoms with E-state index in [0.717, 1.165) is 0 Å². The quantitative estimate of drug-likeness (QED) is 0.511. The Morgan fingerprint density at radius 3 is 2.00 bits per heavy atom. The molecule has 0 spiro atoms. The van der Waals surface area contributed by atoms with Crippen molar-refractivity contribution in [2.45, 2.75) is 5.08 Å². The van der Waals surface area contributed by atoms with Gasteiger partial charge in [0, 0.05) is 0 Å². The van der Waals surface area contributed by atoms with Crippen LogP contribution in [0.5, 0.6) is 0 Å². The first-order chi connectivity index (χ1) is 2.64. The van der Waals surface area contributed by atoms with E-state index in [1.807, 2.05) is 0 Å². The molecule has 0 radical (unpaired) electrons. The molecule has 0 aromatic rings. The molecule has 1 atom stereocenters. The zero-order valence-corrected chi connectivity index (χ0v) is 4.50. The van der Waals surface area contributed by atoms with Gasteiger partial charge >= 0.3 is 0 Å². The molecule has 6 heavy (non-hydrogen) atoms. The van der Waals surface area contributed by atoms with Gasteiger partial charge in [0.1, 0.15) is 5.83 Å². The van der Waals surface area contributed by atoms with Gasteiger partial charge in [-0.05, 0) is 15.9 Å². The van der Waals surface area contributed by atoms with Crippen LogP contribution >= 0.6 is 15.9 Å². The zero-order chi connectivity index (χ0) is 5.15. The molecule has 0 bridgehead atoms. The monoisotopic (exact) mass is 156 g/mol. The van der Waals surface area contributed by atoms with Crippen molar-refractivity contribution >= 4 is 15.9 Å². The van der Waals surface area contributed by atoms with Crippen molar-refractivity contribution in [3.63, 3.8) is 0 Å². The van der Waals surface area contributed by atoms with Crippen LogP contribution in [0.15, 0.2) is 12.4 Å². The third kappa shape index (κ3) is 2.33. The molecule has 0 heterocycles. The zero-order valence-electron chi connectivity index (χ0n) is 2.92. The third-order valence-electron chi connectivity index (χ3n) is 0.237. The smallest absolute Gasteiger partial charge is 0.205 e. The fraction of sp³-hybridized carbons (Fsp3) is 0.333. The summed E-state index contributed by atoms with van der Waals surface area (Å²) in [6, 6.07) is 0. The van der Waals surface area contributed by atoms with Crippen LogP contribution in [0.2, 0.25) is 0 Å². The maximum absolute atomic E-state index is 11.3. The van der Waals surface area contributed by atoms with Crippen LogP contribution in [0.25, 0.3) is 0 Å². The fourth-order valence-corrected chi connectivity index (χ4v) is 0. The molecule has 0 aromatic heterocycles. The molecular formula is C3H3BrF2. The number of alkyl halides is 2. The van der Waals surface area contributed by atoms with Crippen molar-refractivity contribution < 1.29 is 8.78 Å². The summed E-state index contributed by atoms with van der Waals surface area (Å²) < 4.78 is 22.5. The van der Waals surface area contributed by atoms with E-state index in [4.69, 9.17) is 0 Å². The van der Waals surface area contributed by atoms with Gasteiger partial charge in [0.25, 0.3) is 0 Å². The summed E-state index contributed by atoms with van der Waals surface area (Å²) in [5, 5.41) is -1.70. The van der Waals surface area contributed by atoms with E-state index in [1.54, 1.807) is 0 Å².